The molecule has 1 saturated carbocycles. The summed E-state index contributed by atoms with van der Waals surface area (Å²) in [5.74, 6) is 0.716. The van der Waals surface area contributed by atoms with Crippen LogP contribution in [0.2, 0.25) is 0 Å². The molecule has 1 aromatic rings. The van der Waals surface area contributed by atoms with Gasteiger partial charge in [0.05, 0.1) is 5.56 Å². The summed E-state index contributed by atoms with van der Waals surface area (Å²) < 4.78 is 0. The Bertz CT molecular complexity index is 466. The normalized spacial score (nSPS) is 22.4. The fourth-order valence-corrected chi connectivity index (χ4v) is 2.89. The highest BCUT2D eigenvalue weighted by Gasteiger charge is 2.17. The first-order valence-corrected chi connectivity index (χ1v) is 7.43. The number of nitrogens with two attached hydrogens (primary N) is 1. The fraction of sp³-hybridized carbons (Fsp3) is 0.562. The highest BCUT2D eigenvalue weighted by Crippen LogP contribution is 2.30. The molecule has 0 saturated heterocycles. The van der Waals surface area contributed by atoms with E-state index in [4.69, 9.17) is 10.8 Å². The quantitative estimate of drug-likeness (QED) is 0.718. The van der Waals surface area contributed by atoms with Crippen LogP contribution in [0.25, 0.3) is 0 Å². The van der Waals surface area contributed by atoms with Crippen LogP contribution in [0.5, 0.6) is 0 Å². The number of hydrogen-bond acceptors (Lipinski definition) is 3. The molecule has 1 fully saturated rings. The lowest BCUT2D eigenvalue weighted by Crippen LogP contribution is -2.16. The predicted molar refractivity (Wildman–Crippen MR) is 82.0 cm³/mol. The first-order valence-electron chi connectivity index (χ1n) is 7.43. The van der Waals surface area contributed by atoms with E-state index in [1.54, 1.807) is 12.1 Å². The number of benzene rings is 1. The maximum atomic E-state index is 11.0. The van der Waals surface area contributed by atoms with Crippen molar-refractivity contribution in [1.82, 2.24) is 0 Å². The second-order valence-electron chi connectivity index (χ2n) is 5.95. The molecule has 0 heterocycles. The number of rotatable bonds is 5. The highest BCUT2D eigenvalue weighted by atomic mass is 16.4. The van der Waals surface area contributed by atoms with Crippen LogP contribution in [-0.4, -0.2) is 17.6 Å². The molecule has 4 heteroatoms. The van der Waals surface area contributed by atoms with Crippen molar-refractivity contribution in [2.45, 2.75) is 39.0 Å². The van der Waals surface area contributed by atoms with Gasteiger partial charge in [0, 0.05) is 17.9 Å². The number of nitrogen functional groups attached to an aromatic ring is 1. The van der Waals surface area contributed by atoms with Crippen LogP contribution < -0.4 is 11.1 Å². The van der Waals surface area contributed by atoms with Gasteiger partial charge in [-0.1, -0.05) is 32.6 Å². The molecule has 1 aliphatic carbocycles. The minimum Gasteiger partial charge on any atom is -0.478 e. The number of anilines is 2. The summed E-state index contributed by atoms with van der Waals surface area (Å²) in [7, 11) is 0. The molecule has 20 heavy (non-hydrogen) atoms. The van der Waals surface area contributed by atoms with Crippen molar-refractivity contribution in [3.05, 3.63) is 23.8 Å². The summed E-state index contributed by atoms with van der Waals surface area (Å²) in [6.07, 6.45) is 6.49. The summed E-state index contributed by atoms with van der Waals surface area (Å²) in [4.78, 5) is 11.0. The second-order valence-corrected chi connectivity index (χ2v) is 5.95. The van der Waals surface area contributed by atoms with Gasteiger partial charge in [0.25, 0.3) is 0 Å². The van der Waals surface area contributed by atoms with E-state index in [9.17, 15) is 4.79 Å². The first kappa shape index (κ1) is 14.7. The molecule has 4 N–H and O–H groups in total. The Morgan fingerprint density at radius 3 is 2.70 bits per heavy atom. The Morgan fingerprint density at radius 1 is 1.35 bits per heavy atom. The molecule has 0 unspecified atom stereocenters. The Hall–Kier alpha value is -1.71. The zero-order valence-electron chi connectivity index (χ0n) is 12.1. The van der Waals surface area contributed by atoms with E-state index in [0.717, 1.165) is 30.5 Å². The monoisotopic (exact) mass is 276 g/mol. The third-order valence-corrected chi connectivity index (χ3v) is 4.30. The minimum absolute atomic E-state index is 0.168. The lowest BCUT2D eigenvalue weighted by molar-refractivity contribution is 0.0698. The Balaban J connectivity index is 1.82. The molecular weight excluding hydrogens is 252 g/mol. The number of carbonyl (C=O) groups is 1. The standard InChI is InChI=1S/C16H24N2O2/c1-11-2-4-12(5-3-11)8-9-18-13-6-7-15(17)14(10-13)16(19)20/h6-7,10-12,18H,2-5,8-9,17H2,1H3,(H,19,20). The van der Waals surface area contributed by atoms with E-state index in [0.29, 0.717) is 5.69 Å². The van der Waals surface area contributed by atoms with Gasteiger partial charge in [0.1, 0.15) is 0 Å². The number of carboxylic acid groups (broad SMARTS) is 1. The number of nitrogens with one attached hydrogen (secondary N) is 1. The van der Waals surface area contributed by atoms with Crippen molar-refractivity contribution in [3.8, 4) is 0 Å². The molecule has 0 atom stereocenters. The van der Waals surface area contributed by atoms with E-state index >= 15 is 0 Å². The maximum absolute atomic E-state index is 11.0. The van der Waals surface area contributed by atoms with Crippen LogP contribution in [0.15, 0.2) is 18.2 Å². The topological polar surface area (TPSA) is 75.3 Å². The van der Waals surface area contributed by atoms with Gasteiger partial charge in [-0.2, -0.15) is 0 Å². The van der Waals surface area contributed by atoms with Gasteiger partial charge < -0.3 is 16.2 Å². The van der Waals surface area contributed by atoms with E-state index < -0.39 is 5.97 Å². The molecule has 0 amide bonds. The van der Waals surface area contributed by atoms with Crippen molar-refractivity contribution in [3.63, 3.8) is 0 Å². The summed E-state index contributed by atoms with van der Waals surface area (Å²) in [5, 5.41) is 12.3. The van der Waals surface area contributed by atoms with Crippen LogP contribution in [0.1, 0.15) is 49.4 Å². The zero-order chi connectivity index (χ0) is 14.5. The largest absolute Gasteiger partial charge is 0.478 e. The summed E-state index contributed by atoms with van der Waals surface area (Å²) >= 11 is 0. The SMILES string of the molecule is CC1CCC(CCNc2ccc(N)c(C(=O)O)c2)CC1. The number of hydrogen-bond donors (Lipinski definition) is 3. The smallest absolute Gasteiger partial charge is 0.337 e. The van der Waals surface area contributed by atoms with Gasteiger partial charge in [-0.05, 0) is 36.5 Å². The molecule has 1 aliphatic rings. The van der Waals surface area contributed by atoms with E-state index in [2.05, 4.69) is 12.2 Å². The van der Waals surface area contributed by atoms with Crippen molar-refractivity contribution in [2.24, 2.45) is 11.8 Å². The average molecular weight is 276 g/mol. The maximum Gasteiger partial charge on any atom is 0.337 e. The van der Waals surface area contributed by atoms with Gasteiger partial charge in [-0.15, -0.1) is 0 Å². The lowest BCUT2D eigenvalue weighted by Gasteiger charge is -2.26. The van der Waals surface area contributed by atoms with Gasteiger partial charge in [-0.3, -0.25) is 0 Å². The molecule has 0 bridgehead atoms. The zero-order valence-corrected chi connectivity index (χ0v) is 12.1. The lowest BCUT2D eigenvalue weighted by atomic mass is 9.81. The Kier molecular flexibility index (Phi) is 4.88. The molecule has 4 nitrogen and oxygen atoms in total. The minimum atomic E-state index is -0.979. The second kappa shape index (κ2) is 6.64. The third kappa shape index (κ3) is 3.89. The number of carboxylic acids is 1. The number of aromatic carboxylic acids is 1. The van der Waals surface area contributed by atoms with Gasteiger partial charge in [0.15, 0.2) is 0 Å². The van der Waals surface area contributed by atoms with Crippen LogP contribution >= 0.6 is 0 Å². The molecule has 0 aliphatic heterocycles. The van der Waals surface area contributed by atoms with Gasteiger partial charge in [-0.25, -0.2) is 4.79 Å². The van der Waals surface area contributed by atoms with Crippen LogP contribution in [0.4, 0.5) is 11.4 Å². The molecule has 2 rings (SSSR count). The molecule has 0 aromatic heterocycles. The molecule has 0 radical (unpaired) electrons. The van der Waals surface area contributed by atoms with Crippen LogP contribution in [-0.2, 0) is 0 Å². The summed E-state index contributed by atoms with van der Waals surface area (Å²) in [6, 6.07) is 5.10. The fourth-order valence-electron chi connectivity index (χ4n) is 2.89. The highest BCUT2D eigenvalue weighted by molar-refractivity contribution is 5.94. The van der Waals surface area contributed by atoms with Gasteiger partial charge in [0.2, 0.25) is 0 Å². The van der Waals surface area contributed by atoms with Crippen molar-refractivity contribution in [2.75, 3.05) is 17.6 Å². The first-order chi connectivity index (χ1) is 9.56. The van der Waals surface area contributed by atoms with Crippen LogP contribution in [0.3, 0.4) is 0 Å². The van der Waals surface area contributed by atoms with Crippen LogP contribution in [0, 0.1) is 11.8 Å². The average Bonchev–Trinajstić information content (AvgIpc) is 2.42. The Labute approximate surface area is 120 Å². The molecule has 1 aromatic carbocycles. The van der Waals surface area contributed by atoms with E-state index in [1.807, 2.05) is 6.07 Å². The van der Waals surface area contributed by atoms with Crippen molar-refractivity contribution in [1.29, 1.82) is 0 Å². The summed E-state index contributed by atoms with van der Waals surface area (Å²) in [6.45, 7) is 3.22. The molecular formula is C16H24N2O2. The van der Waals surface area contributed by atoms with E-state index in [-0.39, 0.29) is 5.56 Å². The summed E-state index contributed by atoms with van der Waals surface area (Å²) in [5.41, 5.74) is 6.95. The van der Waals surface area contributed by atoms with Gasteiger partial charge >= 0.3 is 5.97 Å². The predicted octanol–water partition coefficient (Wildman–Crippen LogP) is 3.60. The molecule has 110 valence electrons. The Morgan fingerprint density at radius 2 is 2.05 bits per heavy atom. The molecule has 0 spiro atoms. The van der Waals surface area contributed by atoms with Crippen molar-refractivity contribution >= 4 is 17.3 Å². The third-order valence-electron chi connectivity index (χ3n) is 4.30. The van der Waals surface area contributed by atoms with Crippen molar-refractivity contribution < 1.29 is 9.90 Å². The van der Waals surface area contributed by atoms with E-state index in [1.165, 1.54) is 25.7 Å².